The summed E-state index contributed by atoms with van der Waals surface area (Å²) in [5.74, 6) is 0.213. The van der Waals surface area contributed by atoms with Crippen LogP contribution in [-0.2, 0) is 11.2 Å². The number of aliphatic hydroxyl groups excluding tert-OH is 1. The Morgan fingerprint density at radius 1 is 1.14 bits per heavy atom. The minimum Gasteiger partial charge on any atom is -0.389 e. The molecule has 21 heavy (non-hydrogen) atoms. The Kier molecular flexibility index (Phi) is 3.47. The first-order chi connectivity index (χ1) is 10.0. The highest BCUT2D eigenvalue weighted by Crippen LogP contribution is 2.30. The lowest BCUT2D eigenvalue weighted by atomic mass is 9.91. The summed E-state index contributed by atoms with van der Waals surface area (Å²) in [5, 5.41) is 12.5. The van der Waals surface area contributed by atoms with E-state index in [1.54, 1.807) is 13.1 Å². The van der Waals surface area contributed by atoms with Gasteiger partial charge in [-0.05, 0) is 41.3 Å². The number of benzene rings is 1. The van der Waals surface area contributed by atoms with E-state index >= 15 is 0 Å². The molecule has 0 aliphatic carbocycles. The molecule has 0 radical (unpaired) electrons. The molecule has 3 rings (SSSR count). The fraction of sp³-hybridized carbons (Fsp3) is 0.294. The lowest BCUT2D eigenvalue weighted by molar-refractivity contribution is -0.115. The Labute approximate surface area is 123 Å². The fourth-order valence-electron chi connectivity index (χ4n) is 2.65. The summed E-state index contributed by atoms with van der Waals surface area (Å²) < 4.78 is 0. The largest absolute Gasteiger partial charge is 0.389 e. The second-order valence-corrected chi connectivity index (χ2v) is 5.59. The predicted molar refractivity (Wildman–Crippen MR) is 81.2 cm³/mol. The summed E-state index contributed by atoms with van der Waals surface area (Å²) >= 11 is 0. The zero-order valence-electron chi connectivity index (χ0n) is 12.1. The monoisotopic (exact) mass is 282 g/mol. The number of hydrogen-bond donors (Lipinski definition) is 2. The Morgan fingerprint density at radius 2 is 1.90 bits per heavy atom. The number of fused-ring (bicyclic) bond motifs is 1. The molecule has 4 nitrogen and oxygen atoms in total. The van der Waals surface area contributed by atoms with Crippen LogP contribution in [0.4, 0.5) is 5.69 Å². The number of aromatic nitrogens is 1. The van der Waals surface area contributed by atoms with Crippen molar-refractivity contribution >= 4 is 11.6 Å². The molecule has 1 aliphatic heterocycles. The van der Waals surface area contributed by atoms with E-state index in [9.17, 15) is 9.90 Å². The average Bonchev–Trinajstić information content (AvgIpc) is 2.85. The number of carbonyl (C=O) groups is 1. The van der Waals surface area contributed by atoms with Crippen molar-refractivity contribution in [2.45, 2.75) is 32.3 Å². The van der Waals surface area contributed by atoms with E-state index in [-0.39, 0.29) is 11.8 Å². The van der Waals surface area contributed by atoms with Gasteiger partial charge >= 0.3 is 0 Å². The van der Waals surface area contributed by atoms with Gasteiger partial charge in [-0.1, -0.05) is 19.1 Å². The number of nitrogens with one attached hydrogen (secondary N) is 1. The second kappa shape index (κ2) is 5.30. The molecule has 0 saturated carbocycles. The molecule has 0 fully saturated rings. The van der Waals surface area contributed by atoms with Crippen LogP contribution in [0.5, 0.6) is 0 Å². The molecule has 0 bridgehead atoms. The predicted octanol–water partition coefficient (Wildman–Crippen LogP) is 2.78. The smallest absolute Gasteiger partial charge is 0.228 e. The van der Waals surface area contributed by atoms with Crippen molar-refractivity contribution in [2.24, 2.45) is 0 Å². The van der Waals surface area contributed by atoms with E-state index in [2.05, 4.69) is 23.3 Å². The molecule has 2 aromatic rings. The highest BCUT2D eigenvalue weighted by atomic mass is 16.3. The molecule has 108 valence electrons. The Balaban J connectivity index is 1.92. The Morgan fingerprint density at radius 3 is 2.67 bits per heavy atom. The maximum atomic E-state index is 11.4. The summed E-state index contributed by atoms with van der Waals surface area (Å²) in [4.78, 5) is 15.6. The molecule has 4 heteroatoms. The zero-order chi connectivity index (χ0) is 15.0. The molecule has 1 amide bonds. The quantitative estimate of drug-likeness (QED) is 0.910. The number of pyridine rings is 1. The first kappa shape index (κ1) is 13.8. The lowest BCUT2D eigenvalue weighted by Crippen LogP contribution is -2.03. The van der Waals surface area contributed by atoms with Crippen molar-refractivity contribution in [2.75, 3.05) is 5.32 Å². The number of anilines is 1. The second-order valence-electron chi connectivity index (χ2n) is 5.59. The van der Waals surface area contributed by atoms with E-state index in [0.29, 0.717) is 6.42 Å². The number of carbonyl (C=O) groups excluding carboxylic acids is 1. The number of aliphatic hydroxyl groups is 1. The SMILES string of the molecule is C[C@H](c1cncc([C@H](C)O)c1)c1ccc2c(c1)CC(=O)N2. The number of rotatable bonds is 3. The summed E-state index contributed by atoms with van der Waals surface area (Å²) in [6, 6.07) is 8.05. The van der Waals surface area contributed by atoms with Crippen LogP contribution in [0.25, 0.3) is 0 Å². The highest BCUT2D eigenvalue weighted by molar-refractivity contribution is 5.99. The summed E-state index contributed by atoms with van der Waals surface area (Å²) in [5.41, 5.74) is 4.98. The van der Waals surface area contributed by atoms with Crippen molar-refractivity contribution in [1.29, 1.82) is 0 Å². The minimum atomic E-state index is -0.522. The van der Waals surface area contributed by atoms with E-state index in [1.165, 1.54) is 0 Å². The maximum Gasteiger partial charge on any atom is 0.228 e. The van der Waals surface area contributed by atoms with Crippen LogP contribution in [0.2, 0.25) is 0 Å². The Hall–Kier alpha value is -2.20. The van der Waals surface area contributed by atoms with Crippen molar-refractivity contribution in [3.05, 3.63) is 58.9 Å². The summed E-state index contributed by atoms with van der Waals surface area (Å²) in [6.07, 6.45) is 3.44. The molecule has 0 unspecified atom stereocenters. The van der Waals surface area contributed by atoms with Gasteiger partial charge in [0.05, 0.1) is 12.5 Å². The van der Waals surface area contributed by atoms with Gasteiger partial charge in [-0.2, -0.15) is 0 Å². The minimum absolute atomic E-state index is 0.0487. The molecular formula is C17H18N2O2. The molecule has 2 atom stereocenters. The standard InChI is InChI=1S/C17H18N2O2/c1-10(14-6-15(11(2)20)9-18-8-14)12-3-4-16-13(5-12)7-17(21)19-16/h3-6,8-11,20H,7H2,1-2H3,(H,19,21)/t10-,11-/m0/s1. The first-order valence-electron chi connectivity index (χ1n) is 7.10. The van der Waals surface area contributed by atoms with Gasteiger partial charge in [0.25, 0.3) is 0 Å². The van der Waals surface area contributed by atoms with Crippen LogP contribution in [0.15, 0.2) is 36.7 Å². The first-order valence-corrected chi connectivity index (χ1v) is 7.10. The van der Waals surface area contributed by atoms with Crippen molar-refractivity contribution in [3.63, 3.8) is 0 Å². The highest BCUT2D eigenvalue weighted by Gasteiger charge is 2.19. The molecular weight excluding hydrogens is 264 g/mol. The third kappa shape index (κ3) is 2.67. The zero-order valence-corrected chi connectivity index (χ0v) is 12.1. The van der Waals surface area contributed by atoms with Crippen molar-refractivity contribution < 1.29 is 9.90 Å². The van der Waals surface area contributed by atoms with Gasteiger partial charge in [-0.15, -0.1) is 0 Å². The van der Waals surface area contributed by atoms with Crippen LogP contribution in [0.3, 0.4) is 0 Å². The van der Waals surface area contributed by atoms with Crippen LogP contribution in [0.1, 0.15) is 48.1 Å². The fourth-order valence-corrected chi connectivity index (χ4v) is 2.65. The molecule has 2 heterocycles. The molecule has 2 N–H and O–H groups in total. The molecule has 1 aromatic carbocycles. The van der Waals surface area contributed by atoms with Gasteiger partial charge < -0.3 is 10.4 Å². The van der Waals surface area contributed by atoms with Crippen LogP contribution in [0, 0.1) is 0 Å². The van der Waals surface area contributed by atoms with Gasteiger partial charge in [-0.25, -0.2) is 0 Å². The van der Waals surface area contributed by atoms with E-state index in [1.807, 2.05) is 24.4 Å². The topological polar surface area (TPSA) is 62.2 Å². The third-order valence-corrected chi connectivity index (χ3v) is 4.02. The van der Waals surface area contributed by atoms with Crippen molar-refractivity contribution in [3.8, 4) is 0 Å². The normalized spacial score (nSPS) is 16.2. The maximum absolute atomic E-state index is 11.4. The van der Waals surface area contributed by atoms with Gasteiger partial charge in [0.15, 0.2) is 0 Å². The van der Waals surface area contributed by atoms with Gasteiger partial charge in [0.2, 0.25) is 5.91 Å². The van der Waals surface area contributed by atoms with E-state index < -0.39 is 6.10 Å². The Bertz CT molecular complexity index is 695. The van der Waals surface area contributed by atoms with E-state index in [0.717, 1.165) is 27.9 Å². The van der Waals surface area contributed by atoms with Gasteiger partial charge in [0.1, 0.15) is 0 Å². The van der Waals surface area contributed by atoms with Crippen LogP contribution in [-0.4, -0.2) is 16.0 Å². The van der Waals surface area contributed by atoms with E-state index in [4.69, 9.17) is 0 Å². The van der Waals surface area contributed by atoms with Gasteiger partial charge in [0, 0.05) is 24.0 Å². The van der Waals surface area contributed by atoms with Crippen LogP contribution < -0.4 is 5.32 Å². The molecule has 1 aromatic heterocycles. The summed E-state index contributed by atoms with van der Waals surface area (Å²) in [7, 11) is 0. The van der Waals surface area contributed by atoms with Crippen LogP contribution >= 0.6 is 0 Å². The molecule has 1 aliphatic rings. The summed E-state index contributed by atoms with van der Waals surface area (Å²) in [6.45, 7) is 3.84. The number of nitrogens with zero attached hydrogens (tertiary/aromatic N) is 1. The number of amides is 1. The number of hydrogen-bond acceptors (Lipinski definition) is 3. The average molecular weight is 282 g/mol. The third-order valence-electron chi connectivity index (χ3n) is 4.02. The molecule has 0 saturated heterocycles. The lowest BCUT2D eigenvalue weighted by Gasteiger charge is -2.15. The van der Waals surface area contributed by atoms with Crippen molar-refractivity contribution in [1.82, 2.24) is 4.98 Å². The molecule has 0 spiro atoms. The van der Waals surface area contributed by atoms with Gasteiger partial charge in [-0.3, -0.25) is 9.78 Å².